The summed E-state index contributed by atoms with van der Waals surface area (Å²) in [6.07, 6.45) is 1.82. The largest absolute Gasteiger partial charge is 0.662 e. The molecular formula is C9H15N2O2Re-. The molecule has 14 heavy (non-hydrogen) atoms. The molecule has 1 spiro atoms. The van der Waals surface area contributed by atoms with Crippen molar-refractivity contribution in [2.45, 2.75) is 25.4 Å². The quantitative estimate of drug-likeness (QED) is 0.632. The average Bonchev–Trinajstić information content (AvgIpc) is 2.16. The third kappa shape index (κ3) is 2.01. The minimum Gasteiger partial charge on any atom is -0.662 e. The normalized spacial score (nSPS) is 30.6. The second-order valence-electron chi connectivity index (χ2n) is 3.98. The van der Waals surface area contributed by atoms with E-state index in [-0.39, 0.29) is 31.7 Å². The molecule has 0 aromatic heterocycles. The maximum atomic E-state index is 11.3. The molecule has 2 aliphatic rings. The molecule has 81 valence electrons. The van der Waals surface area contributed by atoms with Crippen LogP contribution < -0.4 is 5.32 Å². The Kier molecular flexibility index (Phi) is 4.08. The molecule has 2 aliphatic heterocycles. The average molecular weight is 369 g/mol. The fourth-order valence-corrected chi connectivity index (χ4v) is 2.31. The Morgan fingerprint density at radius 1 is 1.36 bits per heavy atom. The summed E-state index contributed by atoms with van der Waals surface area (Å²) >= 11 is 0. The van der Waals surface area contributed by atoms with E-state index in [0.717, 1.165) is 32.4 Å². The van der Waals surface area contributed by atoms with E-state index in [1.54, 1.807) is 0 Å². The van der Waals surface area contributed by atoms with Crippen LogP contribution in [0.3, 0.4) is 0 Å². The van der Waals surface area contributed by atoms with Crippen LogP contribution in [0.1, 0.15) is 19.3 Å². The van der Waals surface area contributed by atoms with Crippen LogP contribution in [-0.2, 0) is 25.2 Å². The number of carbonyl (C=O) groups is 1. The zero-order valence-corrected chi connectivity index (χ0v) is 10.7. The van der Waals surface area contributed by atoms with Crippen molar-refractivity contribution >= 4 is 5.91 Å². The zero-order chi connectivity index (χ0) is 9.31. The molecule has 1 unspecified atom stereocenters. The van der Waals surface area contributed by atoms with Gasteiger partial charge in [0, 0.05) is 32.4 Å². The molecule has 0 aromatic rings. The molecule has 0 saturated carbocycles. The van der Waals surface area contributed by atoms with Crippen LogP contribution in [0.2, 0.25) is 0 Å². The first-order valence-corrected chi connectivity index (χ1v) is 4.84. The van der Waals surface area contributed by atoms with Gasteiger partial charge in [-0.2, -0.15) is 0 Å². The van der Waals surface area contributed by atoms with Crippen molar-refractivity contribution in [3.05, 3.63) is 5.32 Å². The van der Waals surface area contributed by atoms with Crippen LogP contribution in [0, 0.1) is 5.41 Å². The van der Waals surface area contributed by atoms with E-state index in [0.29, 0.717) is 6.54 Å². The molecule has 0 bridgehead atoms. The first kappa shape index (κ1) is 12.1. The SMILES string of the molecule is O=C1NCCC2(CC[N-]CC2)C1O.[Re]. The van der Waals surface area contributed by atoms with Crippen LogP contribution in [0.5, 0.6) is 0 Å². The van der Waals surface area contributed by atoms with Crippen molar-refractivity contribution < 1.29 is 30.3 Å². The number of aliphatic hydroxyl groups is 1. The molecule has 2 rings (SSSR count). The smallest absolute Gasteiger partial charge is 0.249 e. The number of hydrogen-bond acceptors (Lipinski definition) is 2. The minimum atomic E-state index is -0.809. The van der Waals surface area contributed by atoms with E-state index in [9.17, 15) is 9.90 Å². The van der Waals surface area contributed by atoms with Gasteiger partial charge in [-0.15, -0.1) is 13.1 Å². The topological polar surface area (TPSA) is 63.4 Å². The summed E-state index contributed by atoms with van der Waals surface area (Å²) in [5.41, 5.74) is -0.163. The predicted molar refractivity (Wildman–Crippen MR) is 48.4 cm³/mol. The Hall–Kier alpha value is 0.0523. The second kappa shape index (κ2) is 4.72. The third-order valence-electron chi connectivity index (χ3n) is 3.29. The maximum absolute atomic E-state index is 11.3. The zero-order valence-electron chi connectivity index (χ0n) is 8.00. The van der Waals surface area contributed by atoms with Crippen molar-refractivity contribution in [2.24, 2.45) is 5.41 Å². The van der Waals surface area contributed by atoms with Crippen LogP contribution >= 0.6 is 0 Å². The van der Waals surface area contributed by atoms with Gasteiger partial charge in [0.1, 0.15) is 6.10 Å². The maximum Gasteiger partial charge on any atom is 0.249 e. The van der Waals surface area contributed by atoms with Crippen LogP contribution in [-0.4, -0.2) is 36.8 Å². The molecular weight excluding hydrogens is 354 g/mol. The van der Waals surface area contributed by atoms with Gasteiger partial charge in [0.2, 0.25) is 5.91 Å². The summed E-state index contributed by atoms with van der Waals surface area (Å²) in [5.74, 6) is -0.201. The number of carbonyl (C=O) groups excluding carboxylic acids is 1. The van der Waals surface area contributed by atoms with E-state index in [1.165, 1.54) is 0 Å². The molecule has 5 heteroatoms. The van der Waals surface area contributed by atoms with Crippen molar-refractivity contribution in [3.63, 3.8) is 0 Å². The molecule has 2 N–H and O–H groups in total. The molecule has 2 saturated heterocycles. The molecule has 1 amide bonds. The predicted octanol–water partition coefficient (Wildman–Crippen LogP) is 0.0186. The minimum absolute atomic E-state index is 0. The standard InChI is InChI=1S/C9H15N2O2.Re/c12-7-8(13)11-6-3-9(7)1-4-10-5-2-9;/h7,12H,1-6H2,(H,11,13);/q-1;. The first-order valence-electron chi connectivity index (χ1n) is 4.84. The number of nitrogens with one attached hydrogen (secondary N) is 1. The number of rotatable bonds is 0. The molecule has 1 radical (unpaired) electrons. The van der Waals surface area contributed by atoms with Crippen LogP contribution in [0.4, 0.5) is 0 Å². The van der Waals surface area contributed by atoms with Gasteiger partial charge in [-0.05, 0) is 6.42 Å². The van der Waals surface area contributed by atoms with Crippen molar-refractivity contribution in [2.75, 3.05) is 19.6 Å². The van der Waals surface area contributed by atoms with Gasteiger partial charge in [0.25, 0.3) is 0 Å². The fraction of sp³-hybridized carbons (Fsp3) is 0.889. The second-order valence-corrected chi connectivity index (χ2v) is 3.98. The first-order chi connectivity index (χ1) is 6.25. The monoisotopic (exact) mass is 370 g/mol. The van der Waals surface area contributed by atoms with Crippen molar-refractivity contribution in [3.8, 4) is 0 Å². The van der Waals surface area contributed by atoms with Gasteiger partial charge < -0.3 is 15.7 Å². The van der Waals surface area contributed by atoms with Gasteiger partial charge in [0.15, 0.2) is 0 Å². The van der Waals surface area contributed by atoms with E-state index in [2.05, 4.69) is 10.6 Å². The van der Waals surface area contributed by atoms with Gasteiger partial charge in [-0.25, -0.2) is 0 Å². The Labute approximate surface area is 97.5 Å². The molecule has 2 fully saturated rings. The summed E-state index contributed by atoms with van der Waals surface area (Å²) in [6.45, 7) is 2.30. The van der Waals surface area contributed by atoms with Crippen LogP contribution in [0.15, 0.2) is 0 Å². The summed E-state index contributed by atoms with van der Waals surface area (Å²) in [4.78, 5) is 11.3. The van der Waals surface area contributed by atoms with Crippen molar-refractivity contribution in [1.29, 1.82) is 0 Å². The van der Waals surface area contributed by atoms with Gasteiger partial charge >= 0.3 is 0 Å². The van der Waals surface area contributed by atoms with E-state index in [1.807, 2.05) is 0 Å². The molecule has 2 heterocycles. The number of amides is 1. The van der Waals surface area contributed by atoms with Gasteiger partial charge in [-0.1, -0.05) is 12.8 Å². The fourth-order valence-electron chi connectivity index (χ4n) is 2.31. The van der Waals surface area contributed by atoms with E-state index >= 15 is 0 Å². The Morgan fingerprint density at radius 3 is 2.64 bits per heavy atom. The molecule has 0 aliphatic carbocycles. The summed E-state index contributed by atoms with van der Waals surface area (Å²) < 4.78 is 0. The van der Waals surface area contributed by atoms with Gasteiger partial charge in [-0.3, -0.25) is 4.79 Å². The number of nitrogens with zero attached hydrogens (tertiary/aromatic N) is 1. The number of aliphatic hydroxyl groups excluding tert-OH is 1. The Bertz CT molecular complexity index is 211. The molecule has 1 atom stereocenters. The Balaban J connectivity index is 0.000000980. The van der Waals surface area contributed by atoms with Crippen molar-refractivity contribution in [1.82, 2.24) is 5.32 Å². The van der Waals surface area contributed by atoms with E-state index in [4.69, 9.17) is 0 Å². The summed E-state index contributed by atoms with van der Waals surface area (Å²) in [5, 5.41) is 16.7. The van der Waals surface area contributed by atoms with E-state index < -0.39 is 6.10 Å². The summed E-state index contributed by atoms with van der Waals surface area (Å²) in [6, 6.07) is 0. The summed E-state index contributed by atoms with van der Waals surface area (Å²) in [7, 11) is 0. The molecule has 0 aromatic carbocycles. The molecule has 4 nitrogen and oxygen atoms in total. The van der Waals surface area contributed by atoms with Crippen LogP contribution in [0.25, 0.3) is 5.32 Å². The third-order valence-corrected chi connectivity index (χ3v) is 3.29. The number of piperidine rings is 2. The van der Waals surface area contributed by atoms with Gasteiger partial charge in [0.05, 0.1) is 0 Å². The number of hydrogen-bond donors (Lipinski definition) is 2. The Morgan fingerprint density at radius 2 is 2.00 bits per heavy atom.